The van der Waals surface area contributed by atoms with Gasteiger partial charge in [0.1, 0.15) is 0 Å². The molecule has 1 aromatic carbocycles. The highest BCUT2D eigenvalue weighted by atomic mass is 79.9. The Labute approximate surface area is 118 Å². The van der Waals surface area contributed by atoms with Gasteiger partial charge in [0.2, 0.25) is 5.91 Å². The van der Waals surface area contributed by atoms with Gasteiger partial charge in [0.05, 0.1) is 17.9 Å². The van der Waals surface area contributed by atoms with Crippen molar-refractivity contribution >= 4 is 37.5 Å². The lowest BCUT2D eigenvalue weighted by atomic mass is 10.2. The molecule has 6 nitrogen and oxygen atoms in total. The van der Waals surface area contributed by atoms with Gasteiger partial charge in [0, 0.05) is 16.7 Å². The van der Waals surface area contributed by atoms with E-state index in [0.29, 0.717) is 35.3 Å². The third kappa shape index (κ3) is 2.18. The number of sulfonamides is 1. The number of carbonyl (C=O) groups excluding carboxylic acids is 1. The molecule has 2 aliphatic rings. The molecule has 1 N–H and O–H groups in total. The van der Waals surface area contributed by atoms with Crippen molar-refractivity contribution in [3.63, 3.8) is 0 Å². The lowest BCUT2D eigenvalue weighted by Gasteiger charge is -2.16. The molecular formula is C11H11BrN2O4S. The van der Waals surface area contributed by atoms with Crippen molar-refractivity contribution in [3.05, 3.63) is 22.2 Å². The van der Waals surface area contributed by atoms with Crippen LogP contribution in [0.15, 0.2) is 21.5 Å². The van der Waals surface area contributed by atoms with Crippen molar-refractivity contribution < 1.29 is 18.0 Å². The van der Waals surface area contributed by atoms with Crippen LogP contribution in [0.1, 0.15) is 12.0 Å². The van der Waals surface area contributed by atoms with Crippen LogP contribution in [-0.2, 0) is 26.1 Å². The third-order valence-electron chi connectivity index (χ3n) is 3.05. The van der Waals surface area contributed by atoms with Gasteiger partial charge >= 0.3 is 0 Å². The van der Waals surface area contributed by atoms with Crippen molar-refractivity contribution in [2.24, 2.45) is 0 Å². The largest absolute Gasteiger partial charge is 0.325 e. The first-order valence-corrected chi connectivity index (χ1v) is 8.00. The number of hydroxylamine groups is 1. The Bertz CT molecular complexity index is 653. The molecule has 1 amide bonds. The van der Waals surface area contributed by atoms with Crippen molar-refractivity contribution in [3.8, 4) is 0 Å². The maximum absolute atomic E-state index is 12.4. The average molecular weight is 347 g/mol. The standard InChI is InChI=1S/C11H11BrN2O4S/c12-8-6-9-7(5-11(15)13-9)4-10(8)19(16,17)14-2-1-3-18-14/h4,6H,1-3,5H2,(H,13,15). The number of nitrogens with zero attached hydrogens (tertiary/aromatic N) is 1. The topological polar surface area (TPSA) is 75.7 Å². The Kier molecular flexibility index (Phi) is 3.12. The number of hydrogen-bond donors (Lipinski definition) is 1. The van der Waals surface area contributed by atoms with Crippen LogP contribution >= 0.6 is 15.9 Å². The van der Waals surface area contributed by atoms with E-state index in [1.54, 1.807) is 6.07 Å². The van der Waals surface area contributed by atoms with Gasteiger partial charge in [-0.1, -0.05) is 4.47 Å². The summed E-state index contributed by atoms with van der Waals surface area (Å²) in [4.78, 5) is 16.6. The van der Waals surface area contributed by atoms with Crippen LogP contribution in [0.4, 0.5) is 5.69 Å². The zero-order valence-electron chi connectivity index (χ0n) is 9.85. The van der Waals surface area contributed by atoms with Crippen molar-refractivity contribution in [1.29, 1.82) is 0 Å². The van der Waals surface area contributed by atoms with Gasteiger partial charge in [0.15, 0.2) is 0 Å². The Morgan fingerprint density at radius 2 is 2.16 bits per heavy atom. The summed E-state index contributed by atoms with van der Waals surface area (Å²) in [6, 6.07) is 3.14. The second kappa shape index (κ2) is 4.55. The summed E-state index contributed by atoms with van der Waals surface area (Å²) in [5.74, 6) is -0.131. The van der Waals surface area contributed by atoms with E-state index in [0.717, 1.165) is 4.47 Å². The number of hydrogen-bond acceptors (Lipinski definition) is 4. The summed E-state index contributed by atoms with van der Waals surface area (Å²) in [7, 11) is -3.68. The molecule has 0 radical (unpaired) electrons. The summed E-state index contributed by atoms with van der Waals surface area (Å²) in [6.45, 7) is 0.755. The molecule has 2 aliphatic heterocycles. The first kappa shape index (κ1) is 13.0. The molecule has 0 atom stereocenters. The number of benzene rings is 1. The van der Waals surface area contributed by atoms with Crippen LogP contribution in [0, 0.1) is 0 Å². The summed E-state index contributed by atoms with van der Waals surface area (Å²) in [5, 5.41) is 2.68. The van der Waals surface area contributed by atoms with E-state index in [9.17, 15) is 13.2 Å². The smallest absolute Gasteiger partial charge is 0.266 e. The van der Waals surface area contributed by atoms with E-state index in [4.69, 9.17) is 4.84 Å². The van der Waals surface area contributed by atoms with Gasteiger partial charge in [-0.05, 0) is 40.0 Å². The Hall–Kier alpha value is -0.960. The van der Waals surface area contributed by atoms with E-state index in [1.807, 2.05) is 0 Å². The van der Waals surface area contributed by atoms with Gasteiger partial charge in [-0.3, -0.25) is 9.63 Å². The normalized spacial score (nSPS) is 19.5. The number of amides is 1. The van der Waals surface area contributed by atoms with Gasteiger partial charge in [0.25, 0.3) is 10.0 Å². The highest BCUT2D eigenvalue weighted by Gasteiger charge is 2.32. The first-order chi connectivity index (χ1) is 8.98. The minimum atomic E-state index is -3.68. The maximum atomic E-state index is 12.4. The van der Waals surface area contributed by atoms with E-state index >= 15 is 0 Å². The minimum absolute atomic E-state index is 0.129. The molecule has 3 rings (SSSR count). The van der Waals surface area contributed by atoms with Crippen LogP contribution in [0.2, 0.25) is 0 Å². The Balaban J connectivity index is 2.06. The van der Waals surface area contributed by atoms with Gasteiger partial charge in [-0.15, -0.1) is 0 Å². The molecule has 1 fully saturated rings. The van der Waals surface area contributed by atoms with Crippen LogP contribution in [0.25, 0.3) is 0 Å². The SMILES string of the molecule is O=C1Cc2cc(S(=O)(=O)N3CCCO3)c(Br)cc2N1. The first-order valence-electron chi connectivity index (χ1n) is 5.76. The number of anilines is 1. The number of fused-ring (bicyclic) bond motifs is 1. The monoisotopic (exact) mass is 346 g/mol. The molecule has 0 aromatic heterocycles. The third-order valence-corrected chi connectivity index (χ3v) is 5.69. The Morgan fingerprint density at radius 1 is 1.37 bits per heavy atom. The molecular weight excluding hydrogens is 336 g/mol. The molecule has 0 saturated carbocycles. The molecule has 2 heterocycles. The lowest BCUT2D eigenvalue weighted by molar-refractivity contribution is -0.115. The minimum Gasteiger partial charge on any atom is -0.325 e. The molecule has 1 aromatic rings. The average Bonchev–Trinajstić information content (AvgIpc) is 2.95. The fraction of sp³-hybridized carbons (Fsp3) is 0.364. The second-order valence-electron chi connectivity index (χ2n) is 4.38. The quantitative estimate of drug-likeness (QED) is 0.874. The molecule has 1 saturated heterocycles. The zero-order valence-corrected chi connectivity index (χ0v) is 12.3. The van der Waals surface area contributed by atoms with Crippen molar-refractivity contribution in [2.75, 3.05) is 18.5 Å². The van der Waals surface area contributed by atoms with E-state index in [-0.39, 0.29) is 17.2 Å². The predicted molar refractivity (Wildman–Crippen MR) is 70.9 cm³/mol. The molecule has 0 aliphatic carbocycles. The summed E-state index contributed by atoms with van der Waals surface area (Å²) >= 11 is 3.24. The summed E-state index contributed by atoms with van der Waals surface area (Å²) < 4.78 is 26.2. The summed E-state index contributed by atoms with van der Waals surface area (Å²) in [5.41, 5.74) is 1.34. The second-order valence-corrected chi connectivity index (χ2v) is 7.03. The van der Waals surface area contributed by atoms with Gasteiger partial charge in [-0.25, -0.2) is 8.42 Å². The van der Waals surface area contributed by atoms with Crippen LogP contribution < -0.4 is 5.32 Å². The summed E-state index contributed by atoms with van der Waals surface area (Å²) in [6.07, 6.45) is 0.883. The van der Waals surface area contributed by atoms with E-state index < -0.39 is 10.0 Å². The fourth-order valence-corrected chi connectivity index (χ4v) is 4.50. The molecule has 0 spiro atoms. The highest BCUT2D eigenvalue weighted by Crippen LogP contribution is 2.34. The lowest BCUT2D eigenvalue weighted by Crippen LogP contribution is -2.27. The molecule has 8 heteroatoms. The Morgan fingerprint density at radius 3 is 2.84 bits per heavy atom. The predicted octanol–water partition coefficient (Wildman–Crippen LogP) is 1.27. The molecule has 0 bridgehead atoms. The van der Waals surface area contributed by atoms with Gasteiger partial charge in [-0.2, -0.15) is 0 Å². The number of carbonyl (C=O) groups is 1. The van der Waals surface area contributed by atoms with Crippen LogP contribution in [0.3, 0.4) is 0 Å². The number of nitrogens with one attached hydrogen (secondary N) is 1. The number of rotatable bonds is 2. The fourth-order valence-electron chi connectivity index (χ4n) is 2.15. The van der Waals surface area contributed by atoms with E-state index in [1.165, 1.54) is 6.07 Å². The van der Waals surface area contributed by atoms with Crippen LogP contribution in [0.5, 0.6) is 0 Å². The number of halogens is 1. The van der Waals surface area contributed by atoms with Crippen molar-refractivity contribution in [1.82, 2.24) is 4.47 Å². The van der Waals surface area contributed by atoms with Crippen LogP contribution in [-0.4, -0.2) is 31.9 Å². The molecule has 102 valence electrons. The molecule has 0 unspecified atom stereocenters. The van der Waals surface area contributed by atoms with Gasteiger partial charge < -0.3 is 5.32 Å². The molecule has 19 heavy (non-hydrogen) atoms. The van der Waals surface area contributed by atoms with E-state index in [2.05, 4.69) is 21.2 Å². The zero-order chi connectivity index (χ0) is 13.6. The maximum Gasteiger partial charge on any atom is 0.266 e. The van der Waals surface area contributed by atoms with Crippen molar-refractivity contribution in [2.45, 2.75) is 17.7 Å². The highest BCUT2D eigenvalue weighted by molar-refractivity contribution is 9.10.